The van der Waals surface area contributed by atoms with E-state index in [9.17, 15) is 0 Å². The number of nitrogens with one attached hydrogen (secondary N) is 1. The van der Waals surface area contributed by atoms with E-state index >= 15 is 0 Å². The molecule has 2 fully saturated rings. The van der Waals surface area contributed by atoms with Gasteiger partial charge in [0.15, 0.2) is 5.96 Å². The van der Waals surface area contributed by atoms with E-state index in [1.165, 1.54) is 19.4 Å². The fourth-order valence-corrected chi connectivity index (χ4v) is 3.18. The molecule has 0 spiro atoms. The monoisotopic (exact) mass is 422 g/mol. The van der Waals surface area contributed by atoms with Crippen LogP contribution < -0.4 is 5.32 Å². The van der Waals surface area contributed by atoms with E-state index in [1.807, 2.05) is 13.1 Å². The van der Waals surface area contributed by atoms with Crippen molar-refractivity contribution < 1.29 is 4.74 Å². The summed E-state index contributed by atoms with van der Waals surface area (Å²) in [6, 6.07) is 0.669. The molecule has 5 nitrogen and oxygen atoms in total. The Balaban J connectivity index is 0.00000242. The third-order valence-electron chi connectivity index (χ3n) is 4.42. The summed E-state index contributed by atoms with van der Waals surface area (Å²) < 4.78 is 5.97. The Hall–Kier alpha value is -0.340. The van der Waals surface area contributed by atoms with E-state index in [2.05, 4.69) is 33.7 Å². The lowest BCUT2D eigenvalue weighted by atomic mass is 10.2. The first-order valence-electron chi connectivity index (χ1n) is 8.13. The Morgan fingerprint density at radius 2 is 2.36 bits per heavy atom. The summed E-state index contributed by atoms with van der Waals surface area (Å²) in [5.74, 6) is 0.950. The largest absolute Gasteiger partial charge is 0.373 e. The van der Waals surface area contributed by atoms with E-state index < -0.39 is 0 Å². The summed E-state index contributed by atoms with van der Waals surface area (Å²) in [6.45, 7) is 8.76. The van der Waals surface area contributed by atoms with Gasteiger partial charge in [-0.1, -0.05) is 6.08 Å². The first kappa shape index (κ1) is 19.7. The Bertz CT molecular complexity index is 364. The Morgan fingerprint density at radius 1 is 1.55 bits per heavy atom. The van der Waals surface area contributed by atoms with Gasteiger partial charge >= 0.3 is 0 Å². The van der Waals surface area contributed by atoms with Crippen LogP contribution in [0, 0.1) is 0 Å². The number of allylic oxidation sites excluding steroid dienone is 1. The highest BCUT2D eigenvalue weighted by Gasteiger charge is 2.32. The third-order valence-corrected chi connectivity index (χ3v) is 4.42. The number of unbranched alkanes of at least 4 members (excludes halogenated alkanes) is 1. The third kappa shape index (κ3) is 5.70. The first-order valence-corrected chi connectivity index (χ1v) is 8.13. The summed E-state index contributed by atoms with van der Waals surface area (Å²) in [5, 5.41) is 3.44. The number of halogens is 1. The zero-order valence-corrected chi connectivity index (χ0v) is 16.3. The molecule has 0 aromatic carbocycles. The summed E-state index contributed by atoms with van der Waals surface area (Å²) in [6.07, 6.45) is 7.01. The smallest absolute Gasteiger partial charge is 0.193 e. The predicted octanol–water partition coefficient (Wildman–Crippen LogP) is 1.94. The predicted molar refractivity (Wildman–Crippen MR) is 103 cm³/mol. The molecule has 2 heterocycles. The van der Waals surface area contributed by atoms with Crippen molar-refractivity contribution in [2.75, 3.05) is 46.9 Å². The van der Waals surface area contributed by atoms with Crippen molar-refractivity contribution in [3.05, 3.63) is 12.7 Å². The lowest BCUT2D eigenvalue weighted by Gasteiger charge is -2.35. The molecule has 0 aliphatic carbocycles. The number of guanidine groups is 1. The van der Waals surface area contributed by atoms with Crippen molar-refractivity contribution in [1.29, 1.82) is 0 Å². The van der Waals surface area contributed by atoms with Crippen LogP contribution in [0.25, 0.3) is 0 Å². The van der Waals surface area contributed by atoms with Crippen LogP contribution in [-0.4, -0.2) is 74.8 Å². The number of nitrogens with zero attached hydrogens (tertiary/aromatic N) is 3. The Labute approximate surface area is 152 Å². The van der Waals surface area contributed by atoms with E-state index in [-0.39, 0.29) is 30.1 Å². The van der Waals surface area contributed by atoms with Crippen LogP contribution >= 0.6 is 24.0 Å². The van der Waals surface area contributed by atoms with Crippen molar-refractivity contribution in [2.24, 2.45) is 4.99 Å². The first-order chi connectivity index (χ1) is 10.2. The molecule has 2 aliphatic heterocycles. The molecule has 0 radical (unpaired) electrons. The van der Waals surface area contributed by atoms with E-state index in [0.29, 0.717) is 6.04 Å². The standard InChI is InChI=1S/C16H30N4O.HI/c1-4-5-6-9-19(3)16(17-2)18-11-15-12-20-10-7-8-14(20)13-21-15;/h4,14-15H,1,5-13H2,2-3H3,(H,17,18);1H. The molecule has 128 valence electrons. The lowest BCUT2D eigenvalue weighted by Crippen LogP contribution is -2.51. The maximum atomic E-state index is 5.97. The molecule has 22 heavy (non-hydrogen) atoms. The van der Waals surface area contributed by atoms with Gasteiger partial charge in [0, 0.05) is 39.8 Å². The molecule has 2 saturated heterocycles. The fraction of sp³-hybridized carbons (Fsp3) is 0.812. The number of fused-ring (bicyclic) bond motifs is 1. The van der Waals surface area contributed by atoms with E-state index in [4.69, 9.17) is 4.74 Å². The molecule has 2 atom stereocenters. The quantitative estimate of drug-likeness (QED) is 0.234. The van der Waals surface area contributed by atoms with Gasteiger partial charge in [-0.2, -0.15) is 0 Å². The fourth-order valence-electron chi connectivity index (χ4n) is 3.18. The minimum absolute atomic E-state index is 0. The van der Waals surface area contributed by atoms with Crippen molar-refractivity contribution in [3.8, 4) is 0 Å². The summed E-state index contributed by atoms with van der Waals surface area (Å²) in [7, 11) is 3.92. The van der Waals surface area contributed by atoms with Gasteiger partial charge in [0.05, 0.1) is 12.7 Å². The van der Waals surface area contributed by atoms with Gasteiger partial charge in [0.2, 0.25) is 0 Å². The molecular formula is C16H31IN4O. The molecule has 0 bridgehead atoms. The maximum Gasteiger partial charge on any atom is 0.193 e. The van der Waals surface area contributed by atoms with Crippen LogP contribution in [0.4, 0.5) is 0 Å². The number of rotatable bonds is 6. The summed E-state index contributed by atoms with van der Waals surface area (Å²) in [5.41, 5.74) is 0. The minimum atomic E-state index is 0. The topological polar surface area (TPSA) is 40.1 Å². The second-order valence-corrected chi connectivity index (χ2v) is 6.03. The average Bonchev–Trinajstić information content (AvgIpc) is 2.95. The van der Waals surface area contributed by atoms with Gasteiger partial charge in [0.1, 0.15) is 0 Å². The number of ether oxygens (including phenoxy) is 1. The number of aliphatic imine (C=N–C) groups is 1. The molecule has 6 heteroatoms. The highest BCUT2D eigenvalue weighted by atomic mass is 127. The SMILES string of the molecule is C=CCCCN(C)C(=NC)NCC1CN2CCCC2CO1.I. The van der Waals surface area contributed by atoms with Gasteiger partial charge in [-0.15, -0.1) is 30.6 Å². The van der Waals surface area contributed by atoms with Crippen molar-refractivity contribution in [1.82, 2.24) is 15.1 Å². The Morgan fingerprint density at radius 3 is 3.09 bits per heavy atom. The second kappa shape index (κ2) is 10.4. The number of morpholine rings is 1. The molecular weight excluding hydrogens is 391 g/mol. The van der Waals surface area contributed by atoms with Crippen LogP contribution in [0.1, 0.15) is 25.7 Å². The van der Waals surface area contributed by atoms with Gasteiger partial charge in [0.25, 0.3) is 0 Å². The second-order valence-electron chi connectivity index (χ2n) is 6.03. The number of hydrogen-bond acceptors (Lipinski definition) is 3. The van der Waals surface area contributed by atoms with Crippen LogP contribution in [0.3, 0.4) is 0 Å². The molecule has 1 N–H and O–H groups in total. The van der Waals surface area contributed by atoms with Gasteiger partial charge < -0.3 is 15.0 Å². The van der Waals surface area contributed by atoms with Crippen LogP contribution in [0.5, 0.6) is 0 Å². The molecule has 2 rings (SSSR count). The maximum absolute atomic E-state index is 5.97. The van der Waals surface area contributed by atoms with Crippen molar-refractivity contribution in [3.63, 3.8) is 0 Å². The van der Waals surface area contributed by atoms with E-state index in [0.717, 1.165) is 45.0 Å². The van der Waals surface area contributed by atoms with Crippen molar-refractivity contribution >= 4 is 29.9 Å². The van der Waals surface area contributed by atoms with Gasteiger partial charge in [-0.05, 0) is 32.2 Å². The van der Waals surface area contributed by atoms with Crippen LogP contribution in [0.15, 0.2) is 17.6 Å². The number of hydrogen-bond donors (Lipinski definition) is 1. The lowest BCUT2D eigenvalue weighted by molar-refractivity contribution is -0.0454. The molecule has 0 saturated carbocycles. The zero-order chi connectivity index (χ0) is 15.1. The minimum Gasteiger partial charge on any atom is -0.373 e. The van der Waals surface area contributed by atoms with Crippen molar-refractivity contribution in [2.45, 2.75) is 37.8 Å². The average molecular weight is 422 g/mol. The summed E-state index contributed by atoms with van der Waals surface area (Å²) in [4.78, 5) is 9.10. The van der Waals surface area contributed by atoms with Crippen LogP contribution in [-0.2, 0) is 4.74 Å². The van der Waals surface area contributed by atoms with Gasteiger partial charge in [-0.3, -0.25) is 9.89 Å². The molecule has 2 aliphatic rings. The Kier molecular flexibility index (Phi) is 9.35. The normalized spacial score (nSPS) is 25.3. The highest BCUT2D eigenvalue weighted by Crippen LogP contribution is 2.22. The zero-order valence-electron chi connectivity index (χ0n) is 14.0. The van der Waals surface area contributed by atoms with E-state index in [1.54, 1.807) is 0 Å². The highest BCUT2D eigenvalue weighted by molar-refractivity contribution is 14.0. The molecule has 2 unspecified atom stereocenters. The summed E-state index contributed by atoms with van der Waals surface area (Å²) >= 11 is 0. The van der Waals surface area contributed by atoms with Gasteiger partial charge in [-0.25, -0.2) is 0 Å². The molecule has 0 aromatic rings. The molecule has 0 amide bonds. The molecule has 0 aromatic heterocycles. The van der Waals surface area contributed by atoms with Crippen LogP contribution in [0.2, 0.25) is 0 Å².